The summed E-state index contributed by atoms with van der Waals surface area (Å²) in [4.78, 5) is 13.2. The van der Waals surface area contributed by atoms with Crippen molar-refractivity contribution in [1.82, 2.24) is 0 Å². The summed E-state index contributed by atoms with van der Waals surface area (Å²) in [5.74, 6) is 1.14. The molecular weight excluding hydrogens is 386 g/mol. The molecule has 0 bridgehead atoms. The Balaban J connectivity index is 1.76. The number of carbonyl (C=O) groups excluding carboxylic acids is 1. The van der Waals surface area contributed by atoms with Crippen molar-refractivity contribution < 1.29 is 29.6 Å². The number of ether oxygens (including phenoxy) is 2. The number of anilines is 1. The third-order valence-electron chi connectivity index (χ3n) is 5.51. The number of aliphatic hydroxyl groups excluding tert-OH is 3. The Labute approximate surface area is 167 Å². The number of aldehydes is 1. The van der Waals surface area contributed by atoms with Gasteiger partial charge in [0.05, 0.1) is 0 Å². The van der Waals surface area contributed by atoms with Gasteiger partial charge in [0.2, 0.25) is 6.29 Å². The molecule has 0 spiro atoms. The van der Waals surface area contributed by atoms with Crippen molar-refractivity contribution in [3.05, 3.63) is 35.9 Å². The van der Waals surface area contributed by atoms with Crippen molar-refractivity contribution in [3.8, 4) is 5.75 Å². The maximum atomic E-state index is 11.1. The van der Waals surface area contributed by atoms with Gasteiger partial charge in [-0.05, 0) is 10.9 Å². The van der Waals surface area contributed by atoms with Crippen LogP contribution in [0.25, 0.3) is 10.8 Å². The summed E-state index contributed by atoms with van der Waals surface area (Å²) < 4.78 is 11.3. The summed E-state index contributed by atoms with van der Waals surface area (Å²) in [5, 5.41) is 31.9. The van der Waals surface area contributed by atoms with Crippen LogP contribution in [0.4, 0.5) is 5.69 Å². The standard InChI is InChI=1S/C20H22ClNO6/c1-22-8-10(7-21)16-12-5-3-2-4-11(12)14(6-13(16)22)27-20-19(26)18(25)17(24)15(9-23)28-20/h2-6,9-10,15,17-20,24-26H,7-8H2,1H3/t10-,15?,17?,18?,19?,20?/m1/s1. The number of rotatable bonds is 4. The molecule has 0 amide bonds. The molecular formula is C20H22ClNO6. The van der Waals surface area contributed by atoms with Crippen LogP contribution >= 0.6 is 11.6 Å². The number of alkyl halides is 1. The number of hydrogen-bond donors (Lipinski definition) is 3. The first-order valence-corrected chi connectivity index (χ1v) is 9.64. The molecule has 1 fully saturated rings. The van der Waals surface area contributed by atoms with Gasteiger partial charge in [-0.15, -0.1) is 11.6 Å². The summed E-state index contributed by atoms with van der Waals surface area (Å²) >= 11 is 6.18. The van der Waals surface area contributed by atoms with Crippen LogP contribution in [0.2, 0.25) is 0 Å². The van der Waals surface area contributed by atoms with Crippen LogP contribution in [0.5, 0.6) is 5.75 Å². The van der Waals surface area contributed by atoms with E-state index in [-0.39, 0.29) is 5.92 Å². The summed E-state index contributed by atoms with van der Waals surface area (Å²) in [6, 6.07) is 9.55. The lowest BCUT2D eigenvalue weighted by atomic mass is 9.95. The zero-order chi connectivity index (χ0) is 20.0. The van der Waals surface area contributed by atoms with Gasteiger partial charge in [-0.25, -0.2) is 0 Å². The monoisotopic (exact) mass is 407 g/mol. The van der Waals surface area contributed by atoms with E-state index in [1.807, 2.05) is 37.4 Å². The second-order valence-corrected chi connectivity index (χ2v) is 7.59. The van der Waals surface area contributed by atoms with Crippen LogP contribution in [-0.4, -0.2) is 71.8 Å². The highest BCUT2D eigenvalue weighted by Crippen LogP contribution is 2.45. The van der Waals surface area contributed by atoms with Crippen molar-refractivity contribution in [2.45, 2.75) is 36.6 Å². The van der Waals surface area contributed by atoms with E-state index in [0.29, 0.717) is 17.9 Å². The Bertz CT molecular complexity index is 892. The Morgan fingerprint density at radius 1 is 1.21 bits per heavy atom. The third-order valence-corrected chi connectivity index (χ3v) is 5.88. The zero-order valence-corrected chi connectivity index (χ0v) is 16.0. The third kappa shape index (κ3) is 3.03. The fourth-order valence-corrected chi connectivity index (χ4v) is 4.30. The minimum Gasteiger partial charge on any atom is -0.461 e. The maximum Gasteiger partial charge on any atom is 0.229 e. The number of fused-ring (bicyclic) bond motifs is 3. The molecule has 0 aromatic heterocycles. The lowest BCUT2D eigenvalue weighted by molar-refractivity contribution is -0.262. The van der Waals surface area contributed by atoms with Crippen molar-refractivity contribution in [3.63, 3.8) is 0 Å². The molecule has 8 heteroatoms. The fourth-order valence-electron chi connectivity index (χ4n) is 4.05. The van der Waals surface area contributed by atoms with Crippen LogP contribution in [0, 0.1) is 0 Å². The first-order valence-electron chi connectivity index (χ1n) is 9.10. The molecule has 2 aliphatic rings. The average Bonchev–Trinajstić information content (AvgIpc) is 3.04. The van der Waals surface area contributed by atoms with Gasteiger partial charge in [-0.2, -0.15) is 0 Å². The van der Waals surface area contributed by atoms with Crippen LogP contribution in [-0.2, 0) is 9.53 Å². The van der Waals surface area contributed by atoms with Crippen molar-refractivity contribution in [2.24, 2.45) is 0 Å². The Kier molecular flexibility index (Phi) is 5.20. The number of benzene rings is 2. The number of nitrogens with zero attached hydrogens (tertiary/aromatic N) is 1. The quantitative estimate of drug-likeness (QED) is 0.513. The molecule has 1 saturated heterocycles. The van der Waals surface area contributed by atoms with E-state index in [2.05, 4.69) is 4.90 Å². The Morgan fingerprint density at radius 3 is 2.61 bits per heavy atom. The number of halogens is 1. The van der Waals surface area contributed by atoms with E-state index in [1.165, 1.54) is 0 Å². The predicted octanol–water partition coefficient (Wildman–Crippen LogP) is 0.997. The molecule has 5 unspecified atom stereocenters. The Hall–Kier alpha value is -1.90. The fraction of sp³-hybridized carbons (Fsp3) is 0.450. The number of carbonyl (C=O) groups is 1. The average molecular weight is 408 g/mol. The minimum atomic E-state index is -1.56. The van der Waals surface area contributed by atoms with Gasteiger partial charge in [0, 0.05) is 42.5 Å². The van der Waals surface area contributed by atoms with Gasteiger partial charge in [-0.3, -0.25) is 0 Å². The lowest BCUT2D eigenvalue weighted by Crippen LogP contribution is -2.59. The molecule has 6 atom stereocenters. The highest BCUT2D eigenvalue weighted by molar-refractivity contribution is 6.18. The largest absolute Gasteiger partial charge is 0.461 e. The zero-order valence-electron chi connectivity index (χ0n) is 15.2. The summed E-state index contributed by atoms with van der Waals surface area (Å²) in [5.41, 5.74) is 2.11. The first-order chi connectivity index (χ1) is 13.5. The topological polar surface area (TPSA) is 99.5 Å². The summed E-state index contributed by atoms with van der Waals surface area (Å²) in [6.45, 7) is 0.785. The number of likely N-dealkylation sites (N-methyl/N-ethyl adjacent to an activating group) is 1. The van der Waals surface area contributed by atoms with E-state index in [9.17, 15) is 20.1 Å². The second-order valence-electron chi connectivity index (χ2n) is 7.28. The van der Waals surface area contributed by atoms with Gasteiger partial charge < -0.3 is 34.5 Å². The highest BCUT2D eigenvalue weighted by Gasteiger charge is 2.45. The molecule has 0 aliphatic carbocycles. The van der Waals surface area contributed by atoms with E-state index < -0.39 is 30.7 Å². The lowest BCUT2D eigenvalue weighted by Gasteiger charge is -2.38. The minimum absolute atomic E-state index is 0.188. The second kappa shape index (κ2) is 7.50. The van der Waals surface area contributed by atoms with E-state index >= 15 is 0 Å². The van der Waals surface area contributed by atoms with Gasteiger partial charge in [0.25, 0.3) is 0 Å². The molecule has 28 heavy (non-hydrogen) atoms. The predicted molar refractivity (Wildman–Crippen MR) is 104 cm³/mol. The van der Waals surface area contributed by atoms with Crippen LogP contribution in [0.15, 0.2) is 30.3 Å². The van der Waals surface area contributed by atoms with Crippen LogP contribution in [0.1, 0.15) is 11.5 Å². The smallest absolute Gasteiger partial charge is 0.229 e. The maximum absolute atomic E-state index is 11.1. The number of aliphatic hydroxyl groups is 3. The van der Waals surface area contributed by atoms with Gasteiger partial charge in [-0.1, -0.05) is 24.3 Å². The van der Waals surface area contributed by atoms with Crippen LogP contribution in [0.3, 0.4) is 0 Å². The van der Waals surface area contributed by atoms with E-state index in [4.69, 9.17) is 21.1 Å². The van der Waals surface area contributed by atoms with Crippen molar-refractivity contribution in [1.29, 1.82) is 0 Å². The van der Waals surface area contributed by atoms with E-state index in [1.54, 1.807) is 0 Å². The molecule has 150 valence electrons. The van der Waals surface area contributed by atoms with Gasteiger partial charge >= 0.3 is 0 Å². The normalized spacial score (nSPS) is 32.4. The SMILES string of the molecule is CN1C[C@@H](CCl)c2c1cc(OC1OC(C=O)C(O)C(O)C1O)c1ccccc21. The highest BCUT2D eigenvalue weighted by atomic mass is 35.5. The number of hydrogen-bond acceptors (Lipinski definition) is 7. The van der Waals surface area contributed by atoms with E-state index in [0.717, 1.165) is 28.6 Å². The summed E-state index contributed by atoms with van der Waals surface area (Å²) in [7, 11) is 1.97. The molecule has 2 aromatic carbocycles. The molecule has 7 nitrogen and oxygen atoms in total. The molecule has 4 rings (SSSR count). The molecule has 2 aromatic rings. The first kappa shape index (κ1) is 19.4. The summed E-state index contributed by atoms with van der Waals surface area (Å²) in [6.07, 6.45) is -6.78. The van der Waals surface area contributed by atoms with Gasteiger partial charge in [0.15, 0.2) is 6.29 Å². The van der Waals surface area contributed by atoms with Crippen molar-refractivity contribution in [2.75, 3.05) is 24.4 Å². The Morgan fingerprint density at radius 2 is 1.93 bits per heavy atom. The molecule has 3 N–H and O–H groups in total. The molecule has 2 aliphatic heterocycles. The molecule has 0 saturated carbocycles. The van der Waals surface area contributed by atoms with Crippen molar-refractivity contribution >= 4 is 34.3 Å². The molecule has 2 heterocycles. The molecule has 0 radical (unpaired) electrons. The van der Waals surface area contributed by atoms with Crippen LogP contribution < -0.4 is 9.64 Å². The van der Waals surface area contributed by atoms with Gasteiger partial charge in [0.1, 0.15) is 30.2 Å².